The molecule has 0 bridgehead atoms. The number of amides is 2. The highest BCUT2D eigenvalue weighted by molar-refractivity contribution is 5.95. The fraction of sp³-hybridized carbons (Fsp3) is 0.222. The van der Waals surface area contributed by atoms with Crippen LogP contribution in [0.1, 0.15) is 28.4 Å². The molecule has 5 nitrogen and oxygen atoms in total. The number of rotatable bonds is 2. The van der Waals surface area contributed by atoms with Crippen LogP contribution in [0.3, 0.4) is 0 Å². The SMILES string of the molecule is O=C1C[C@@H](c2ccccc2)N(C(=O)c2cc(F)c(O)c(F)c2)CCN1. The summed E-state index contributed by atoms with van der Waals surface area (Å²) >= 11 is 0. The van der Waals surface area contributed by atoms with Crippen molar-refractivity contribution in [3.8, 4) is 5.75 Å². The third kappa shape index (κ3) is 3.45. The number of carbonyl (C=O) groups excluding carboxylic acids is 2. The lowest BCUT2D eigenvalue weighted by Crippen LogP contribution is -2.36. The number of halogens is 2. The second kappa shape index (κ2) is 6.88. The van der Waals surface area contributed by atoms with Crippen LogP contribution >= 0.6 is 0 Å². The molecule has 1 fully saturated rings. The number of nitrogens with one attached hydrogen (secondary N) is 1. The van der Waals surface area contributed by atoms with E-state index in [1.54, 1.807) is 24.3 Å². The molecule has 0 aromatic heterocycles. The number of nitrogens with zero attached hydrogens (tertiary/aromatic N) is 1. The molecule has 0 spiro atoms. The Morgan fingerprint density at radius 1 is 1.16 bits per heavy atom. The summed E-state index contributed by atoms with van der Waals surface area (Å²) in [5.74, 6) is -4.34. The molecule has 7 heteroatoms. The van der Waals surface area contributed by atoms with Gasteiger partial charge in [-0.15, -0.1) is 0 Å². The summed E-state index contributed by atoms with van der Waals surface area (Å²) in [5, 5.41) is 11.9. The van der Waals surface area contributed by atoms with Crippen LogP contribution in [0, 0.1) is 11.6 Å². The molecule has 2 N–H and O–H groups in total. The molecule has 1 atom stereocenters. The van der Waals surface area contributed by atoms with Crippen LogP contribution in [0.5, 0.6) is 5.75 Å². The summed E-state index contributed by atoms with van der Waals surface area (Å²) in [4.78, 5) is 26.2. The molecule has 1 saturated heterocycles. The average Bonchev–Trinajstić information content (AvgIpc) is 2.81. The highest BCUT2D eigenvalue weighted by atomic mass is 19.1. The predicted molar refractivity (Wildman–Crippen MR) is 85.9 cm³/mol. The van der Waals surface area contributed by atoms with Gasteiger partial charge in [0.1, 0.15) is 0 Å². The third-order valence-electron chi connectivity index (χ3n) is 4.14. The van der Waals surface area contributed by atoms with Crippen molar-refractivity contribution < 1.29 is 23.5 Å². The first kappa shape index (κ1) is 16.9. The molecule has 1 aliphatic heterocycles. The van der Waals surface area contributed by atoms with Gasteiger partial charge in [0.2, 0.25) is 5.91 Å². The molecule has 130 valence electrons. The first-order chi connectivity index (χ1) is 12.0. The molecule has 2 amide bonds. The Balaban J connectivity index is 1.99. The van der Waals surface area contributed by atoms with Crippen molar-refractivity contribution in [3.05, 3.63) is 65.2 Å². The molecule has 0 unspecified atom stereocenters. The first-order valence-electron chi connectivity index (χ1n) is 7.78. The Kier molecular flexibility index (Phi) is 4.65. The van der Waals surface area contributed by atoms with E-state index in [2.05, 4.69) is 5.32 Å². The van der Waals surface area contributed by atoms with Gasteiger partial charge < -0.3 is 15.3 Å². The van der Waals surface area contributed by atoms with E-state index in [0.29, 0.717) is 0 Å². The lowest BCUT2D eigenvalue weighted by Gasteiger charge is -2.29. The quantitative estimate of drug-likeness (QED) is 0.877. The minimum atomic E-state index is -1.20. The fourth-order valence-electron chi connectivity index (χ4n) is 2.90. The van der Waals surface area contributed by atoms with Gasteiger partial charge in [-0.05, 0) is 17.7 Å². The van der Waals surface area contributed by atoms with Crippen LogP contribution in [0.2, 0.25) is 0 Å². The second-order valence-electron chi connectivity index (χ2n) is 5.77. The second-order valence-corrected chi connectivity index (χ2v) is 5.77. The maximum Gasteiger partial charge on any atom is 0.254 e. The summed E-state index contributed by atoms with van der Waals surface area (Å²) in [7, 11) is 0. The Morgan fingerprint density at radius 2 is 1.80 bits per heavy atom. The van der Waals surface area contributed by atoms with Crippen LogP contribution in [0.4, 0.5) is 8.78 Å². The molecule has 1 heterocycles. The molecule has 2 aromatic carbocycles. The van der Waals surface area contributed by atoms with Gasteiger partial charge in [0, 0.05) is 18.7 Å². The Hall–Kier alpha value is -2.96. The van der Waals surface area contributed by atoms with E-state index in [1.165, 1.54) is 4.90 Å². The number of aromatic hydroxyl groups is 1. The molecule has 3 rings (SSSR count). The lowest BCUT2D eigenvalue weighted by atomic mass is 10.0. The van der Waals surface area contributed by atoms with Crippen molar-refractivity contribution in [2.75, 3.05) is 13.1 Å². The third-order valence-corrected chi connectivity index (χ3v) is 4.14. The van der Waals surface area contributed by atoms with Crippen molar-refractivity contribution in [1.82, 2.24) is 10.2 Å². The van der Waals surface area contributed by atoms with Crippen molar-refractivity contribution >= 4 is 11.8 Å². The fourth-order valence-corrected chi connectivity index (χ4v) is 2.90. The van der Waals surface area contributed by atoms with Crippen LogP contribution in [-0.2, 0) is 4.79 Å². The number of carbonyl (C=O) groups is 2. The topological polar surface area (TPSA) is 69.6 Å². The Morgan fingerprint density at radius 3 is 2.44 bits per heavy atom. The minimum Gasteiger partial charge on any atom is -0.503 e. The van der Waals surface area contributed by atoms with E-state index < -0.39 is 29.3 Å². The maximum absolute atomic E-state index is 13.6. The molecule has 25 heavy (non-hydrogen) atoms. The largest absolute Gasteiger partial charge is 0.503 e. The molecule has 1 aliphatic rings. The zero-order valence-electron chi connectivity index (χ0n) is 13.2. The lowest BCUT2D eigenvalue weighted by molar-refractivity contribution is -0.121. The zero-order valence-corrected chi connectivity index (χ0v) is 13.2. The smallest absolute Gasteiger partial charge is 0.254 e. The van der Waals surface area contributed by atoms with Crippen molar-refractivity contribution in [1.29, 1.82) is 0 Å². The van der Waals surface area contributed by atoms with E-state index in [-0.39, 0.29) is 31.0 Å². The standard InChI is InChI=1S/C18H16F2N2O3/c19-13-8-12(9-14(20)17(13)24)18(25)22-7-6-21-16(23)10-15(22)11-4-2-1-3-5-11/h1-5,8-9,15,24H,6-7,10H2,(H,21,23)/t15-/m0/s1. The van der Waals surface area contributed by atoms with Crippen LogP contribution < -0.4 is 5.32 Å². The van der Waals surface area contributed by atoms with E-state index in [9.17, 15) is 23.5 Å². The predicted octanol–water partition coefficient (Wildman–Crippen LogP) is 2.37. The van der Waals surface area contributed by atoms with Gasteiger partial charge in [0.15, 0.2) is 17.4 Å². The number of hydrogen-bond donors (Lipinski definition) is 2. The van der Waals surface area contributed by atoms with Crippen LogP contribution in [0.25, 0.3) is 0 Å². The maximum atomic E-state index is 13.6. The Labute approximate surface area is 142 Å². The van der Waals surface area contributed by atoms with Gasteiger partial charge in [0.05, 0.1) is 12.5 Å². The summed E-state index contributed by atoms with van der Waals surface area (Å²) in [6, 6.07) is 10.0. The Bertz CT molecular complexity index is 788. The average molecular weight is 346 g/mol. The van der Waals surface area contributed by atoms with Crippen LogP contribution in [0.15, 0.2) is 42.5 Å². The highest BCUT2D eigenvalue weighted by Crippen LogP contribution is 2.29. The van der Waals surface area contributed by atoms with Gasteiger partial charge in [-0.1, -0.05) is 30.3 Å². The minimum absolute atomic E-state index is 0.0544. The first-order valence-corrected chi connectivity index (χ1v) is 7.78. The van der Waals surface area contributed by atoms with Crippen molar-refractivity contribution in [3.63, 3.8) is 0 Å². The zero-order chi connectivity index (χ0) is 18.0. The van der Waals surface area contributed by atoms with E-state index in [1.807, 2.05) is 6.07 Å². The van der Waals surface area contributed by atoms with Crippen LogP contribution in [-0.4, -0.2) is 34.9 Å². The summed E-state index contributed by atoms with van der Waals surface area (Å²) in [6.07, 6.45) is 0.0544. The summed E-state index contributed by atoms with van der Waals surface area (Å²) < 4.78 is 27.2. The van der Waals surface area contributed by atoms with E-state index in [4.69, 9.17) is 0 Å². The van der Waals surface area contributed by atoms with E-state index in [0.717, 1.165) is 17.7 Å². The number of benzene rings is 2. The van der Waals surface area contributed by atoms with Crippen molar-refractivity contribution in [2.24, 2.45) is 0 Å². The van der Waals surface area contributed by atoms with E-state index >= 15 is 0 Å². The number of phenols is 1. The van der Waals surface area contributed by atoms with Gasteiger partial charge >= 0.3 is 0 Å². The van der Waals surface area contributed by atoms with Crippen molar-refractivity contribution in [2.45, 2.75) is 12.5 Å². The molecular formula is C18H16F2N2O3. The summed E-state index contributed by atoms with van der Waals surface area (Å²) in [5.41, 5.74) is 0.538. The molecule has 0 aliphatic carbocycles. The molecular weight excluding hydrogens is 330 g/mol. The highest BCUT2D eigenvalue weighted by Gasteiger charge is 2.31. The molecule has 0 radical (unpaired) electrons. The number of phenolic OH excluding ortho intramolecular Hbond substituents is 1. The van der Waals surface area contributed by atoms with Gasteiger partial charge in [-0.2, -0.15) is 0 Å². The van der Waals surface area contributed by atoms with Gasteiger partial charge in [-0.25, -0.2) is 8.78 Å². The van der Waals surface area contributed by atoms with Gasteiger partial charge in [-0.3, -0.25) is 9.59 Å². The monoisotopic (exact) mass is 346 g/mol. The summed E-state index contributed by atoms with van der Waals surface area (Å²) in [6.45, 7) is 0.450. The molecule has 2 aromatic rings. The number of hydrogen-bond acceptors (Lipinski definition) is 3. The normalized spacial score (nSPS) is 17.8. The van der Waals surface area contributed by atoms with Gasteiger partial charge in [0.25, 0.3) is 5.91 Å². The molecule has 0 saturated carbocycles.